The molecule has 136 valence electrons. The summed E-state index contributed by atoms with van der Waals surface area (Å²) >= 11 is 6.32. The van der Waals surface area contributed by atoms with Crippen molar-refractivity contribution in [2.24, 2.45) is 0 Å². The smallest absolute Gasteiger partial charge is 0.237 e. The maximum absolute atomic E-state index is 12.0. The summed E-state index contributed by atoms with van der Waals surface area (Å²) in [5.41, 5.74) is 0.958. The Labute approximate surface area is 154 Å². The number of benzene rings is 1. The van der Waals surface area contributed by atoms with Crippen LogP contribution in [0.4, 0.5) is 0 Å². The van der Waals surface area contributed by atoms with Crippen LogP contribution < -0.4 is 20.1 Å². The minimum absolute atomic E-state index is 0. The van der Waals surface area contributed by atoms with Crippen LogP contribution in [0, 0.1) is 0 Å². The highest BCUT2D eigenvalue weighted by atomic mass is 35.5. The van der Waals surface area contributed by atoms with Gasteiger partial charge >= 0.3 is 0 Å². The van der Waals surface area contributed by atoms with Crippen LogP contribution in [0.25, 0.3) is 0 Å². The second-order valence-electron chi connectivity index (χ2n) is 6.00. The van der Waals surface area contributed by atoms with E-state index in [1.54, 1.807) is 7.11 Å². The fourth-order valence-corrected chi connectivity index (χ4v) is 2.88. The fourth-order valence-electron chi connectivity index (χ4n) is 2.60. The lowest BCUT2D eigenvalue weighted by Gasteiger charge is -2.18. The molecule has 1 aromatic rings. The number of carbonyl (C=O) groups is 1. The van der Waals surface area contributed by atoms with E-state index in [2.05, 4.69) is 10.6 Å². The van der Waals surface area contributed by atoms with E-state index in [-0.39, 0.29) is 30.5 Å². The highest BCUT2D eigenvalue weighted by Gasteiger charge is 2.20. The SMILES string of the molecule is COc1cc(CNC2CCCCNC2=O)cc(Cl)c1OC(C)C.Cl. The van der Waals surface area contributed by atoms with Gasteiger partial charge in [-0.3, -0.25) is 4.79 Å². The van der Waals surface area contributed by atoms with Crippen molar-refractivity contribution in [3.63, 3.8) is 0 Å². The summed E-state index contributed by atoms with van der Waals surface area (Å²) in [5, 5.41) is 6.74. The molecule has 7 heteroatoms. The number of amides is 1. The molecule has 1 aromatic carbocycles. The summed E-state index contributed by atoms with van der Waals surface area (Å²) in [7, 11) is 1.59. The van der Waals surface area contributed by atoms with Crippen LogP contribution in [0.15, 0.2) is 12.1 Å². The number of hydrogen-bond acceptors (Lipinski definition) is 4. The van der Waals surface area contributed by atoms with Gasteiger partial charge in [-0.15, -0.1) is 12.4 Å². The third-order valence-corrected chi connectivity index (χ3v) is 4.01. The lowest BCUT2D eigenvalue weighted by atomic mass is 10.1. The van der Waals surface area contributed by atoms with Crippen LogP contribution in [0.1, 0.15) is 38.7 Å². The van der Waals surface area contributed by atoms with Gasteiger partial charge in [-0.2, -0.15) is 0 Å². The summed E-state index contributed by atoms with van der Waals surface area (Å²) in [6.07, 6.45) is 2.94. The standard InChI is InChI=1S/C17H25ClN2O3.ClH/c1-11(2)23-16-13(18)8-12(9-15(16)22-3)10-20-14-6-4-5-7-19-17(14)21;/h8-9,11,14,20H,4-7,10H2,1-3H3,(H,19,21);1H. The second kappa shape index (κ2) is 9.97. The van der Waals surface area contributed by atoms with E-state index in [1.165, 1.54) is 0 Å². The molecule has 1 atom stereocenters. The van der Waals surface area contributed by atoms with Gasteiger partial charge in [0, 0.05) is 13.1 Å². The molecule has 1 heterocycles. The van der Waals surface area contributed by atoms with Gasteiger partial charge in [0.1, 0.15) is 0 Å². The third-order valence-electron chi connectivity index (χ3n) is 3.73. The van der Waals surface area contributed by atoms with Crippen LogP contribution in [-0.2, 0) is 11.3 Å². The monoisotopic (exact) mass is 376 g/mol. The summed E-state index contributed by atoms with van der Waals surface area (Å²) < 4.78 is 11.1. The minimum Gasteiger partial charge on any atom is -0.493 e. The molecule has 0 saturated carbocycles. The van der Waals surface area contributed by atoms with Crippen LogP contribution in [0.3, 0.4) is 0 Å². The van der Waals surface area contributed by atoms with Crippen LogP contribution in [-0.4, -0.2) is 31.7 Å². The summed E-state index contributed by atoms with van der Waals surface area (Å²) in [4.78, 5) is 12.0. The zero-order chi connectivity index (χ0) is 16.8. The van der Waals surface area contributed by atoms with E-state index in [0.29, 0.717) is 23.1 Å². The molecule has 1 unspecified atom stereocenters. The highest BCUT2D eigenvalue weighted by Crippen LogP contribution is 2.37. The molecule has 1 aliphatic rings. The lowest BCUT2D eigenvalue weighted by molar-refractivity contribution is -0.122. The van der Waals surface area contributed by atoms with E-state index in [9.17, 15) is 4.79 Å². The van der Waals surface area contributed by atoms with Crippen molar-refractivity contribution < 1.29 is 14.3 Å². The van der Waals surface area contributed by atoms with Crippen molar-refractivity contribution in [1.29, 1.82) is 0 Å². The molecule has 2 rings (SSSR count). The molecule has 1 aliphatic heterocycles. The highest BCUT2D eigenvalue weighted by molar-refractivity contribution is 6.32. The largest absolute Gasteiger partial charge is 0.493 e. The van der Waals surface area contributed by atoms with Crippen molar-refractivity contribution in [2.75, 3.05) is 13.7 Å². The van der Waals surface area contributed by atoms with Crippen molar-refractivity contribution >= 4 is 29.9 Å². The Hall–Kier alpha value is -1.17. The van der Waals surface area contributed by atoms with Crippen molar-refractivity contribution in [1.82, 2.24) is 10.6 Å². The normalized spacial score (nSPS) is 17.7. The zero-order valence-electron chi connectivity index (χ0n) is 14.4. The Morgan fingerprint density at radius 3 is 2.79 bits per heavy atom. The summed E-state index contributed by atoms with van der Waals surface area (Å²) in [5.74, 6) is 1.23. The lowest BCUT2D eigenvalue weighted by Crippen LogP contribution is -2.42. The number of ether oxygens (including phenoxy) is 2. The average Bonchev–Trinajstić information content (AvgIpc) is 2.71. The van der Waals surface area contributed by atoms with Crippen LogP contribution in [0.2, 0.25) is 5.02 Å². The predicted molar refractivity (Wildman–Crippen MR) is 98.5 cm³/mol. The summed E-state index contributed by atoms with van der Waals surface area (Å²) in [6, 6.07) is 3.59. The van der Waals surface area contributed by atoms with Gasteiger partial charge in [-0.05, 0) is 50.8 Å². The molecule has 0 radical (unpaired) electrons. The molecule has 24 heavy (non-hydrogen) atoms. The quantitative estimate of drug-likeness (QED) is 0.799. The van der Waals surface area contributed by atoms with Crippen molar-refractivity contribution in [3.8, 4) is 11.5 Å². The maximum atomic E-state index is 12.0. The van der Waals surface area contributed by atoms with Gasteiger partial charge in [0.15, 0.2) is 11.5 Å². The first kappa shape index (κ1) is 20.9. The fraction of sp³-hybridized carbons (Fsp3) is 0.588. The number of halogens is 2. The van der Waals surface area contributed by atoms with Gasteiger partial charge in [-0.1, -0.05) is 11.6 Å². The van der Waals surface area contributed by atoms with Crippen LogP contribution >= 0.6 is 24.0 Å². The zero-order valence-corrected chi connectivity index (χ0v) is 15.9. The first-order valence-corrected chi connectivity index (χ1v) is 8.43. The van der Waals surface area contributed by atoms with Gasteiger partial charge < -0.3 is 20.1 Å². The summed E-state index contributed by atoms with van der Waals surface area (Å²) in [6.45, 7) is 5.19. The first-order chi connectivity index (χ1) is 11.0. The van der Waals surface area contributed by atoms with E-state index < -0.39 is 0 Å². The molecule has 0 bridgehead atoms. The van der Waals surface area contributed by atoms with Gasteiger partial charge in [-0.25, -0.2) is 0 Å². The van der Waals surface area contributed by atoms with Crippen molar-refractivity contribution in [3.05, 3.63) is 22.7 Å². The van der Waals surface area contributed by atoms with E-state index in [1.807, 2.05) is 26.0 Å². The second-order valence-corrected chi connectivity index (χ2v) is 6.40. The van der Waals surface area contributed by atoms with Crippen LogP contribution in [0.5, 0.6) is 11.5 Å². The van der Waals surface area contributed by atoms with E-state index in [0.717, 1.165) is 31.4 Å². The Morgan fingerprint density at radius 1 is 1.38 bits per heavy atom. The predicted octanol–water partition coefficient (Wildman–Crippen LogP) is 3.32. The molecule has 0 spiro atoms. The molecule has 0 aliphatic carbocycles. The number of carbonyl (C=O) groups excluding carboxylic acids is 1. The number of nitrogens with one attached hydrogen (secondary N) is 2. The Bertz CT molecular complexity index is 553. The number of hydrogen-bond donors (Lipinski definition) is 2. The Kier molecular flexibility index (Phi) is 8.67. The average molecular weight is 377 g/mol. The van der Waals surface area contributed by atoms with Gasteiger partial charge in [0.05, 0.1) is 24.3 Å². The molecule has 1 fully saturated rings. The Balaban J connectivity index is 0.00000288. The van der Waals surface area contributed by atoms with Crippen molar-refractivity contribution in [2.45, 2.75) is 51.8 Å². The first-order valence-electron chi connectivity index (χ1n) is 8.05. The number of methoxy groups -OCH3 is 1. The van der Waals surface area contributed by atoms with Gasteiger partial charge in [0.2, 0.25) is 5.91 Å². The molecule has 2 N–H and O–H groups in total. The topological polar surface area (TPSA) is 59.6 Å². The Morgan fingerprint density at radius 2 is 2.12 bits per heavy atom. The van der Waals surface area contributed by atoms with E-state index in [4.69, 9.17) is 21.1 Å². The maximum Gasteiger partial charge on any atom is 0.237 e. The van der Waals surface area contributed by atoms with Gasteiger partial charge in [0.25, 0.3) is 0 Å². The molecule has 1 amide bonds. The molecular formula is C17H26Cl2N2O3. The molecular weight excluding hydrogens is 351 g/mol. The molecule has 1 saturated heterocycles. The number of rotatable bonds is 6. The minimum atomic E-state index is -0.158. The molecule has 5 nitrogen and oxygen atoms in total. The third kappa shape index (κ3) is 5.72. The molecule has 0 aromatic heterocycles. The van der Waals surface area contributed by atoms with E-state index >= 15 is 0 Å².